The van der Waals surface area contributed by atoms with E-state index in [9.17, 15) is 0 Å². The number of benzene rings is 2. The molecule has 1 heteroatoms. The summed E-state index contributed by atoms with van der Waals surface area (Å²) in [5, 5.41) is 2.70. The van der Waals surface area contributed by atoms with E-state index in [-0.39, 0.29) is 0 Å². The van der Waals surface area contributed by atoms with Gasteiger partial charge in [0.05, 0.1) is 10.9 Å². The van der Waals surface area contributed by atoms with Crippen LogP contribution in [0.4, 0.5) is 0 Å². The molecule has 21 heavy (non-hydrogen) atoms. The Labute approximate surface area is 125 Å². The van der Waals surface area contributed by atoms with Gasteiger partial charge in [-0.1, -0.05) is 43.7 Å². The molecule has 0 bridgehead atoms. The third kappa shape index (κ3) is 2.04. The molecule has 0 unspecified atom stereocenters. The maximum absolute atomic E-state index is 2.41. The van der Waals surface area contributed by atoms with Crippen LogP contribution < -0.4 is 4.57 Å². The SMILES string of the molecule is CCCCc1ccc2c(c1)-c1c3ccccc3cc[n+]1C2. The Hall–Kier alpha value is -2.15. The lowest BCUT2D eigenvalue weighted by Gasteiger charge is -2.03. The topological polar surface area (TPSA) is 3.88 Å². The van der Waals surface area contributed by atoms with Gasteiger partial charge in [-0.3, -0.25) is 0 Å². The van der Waals surface area contributed by atoms with Gasteiger partial charge < -0.3 is 0 Å². The fourth-order valence-electron chi connectivity index (χ4n) is 3.39. The lowest BCUT2D eigenvalue weighted by molar-refractivity contribution is -0.671. The maximum Gasteiger partial charge on any atom is 0.221 e. The molecule has 0 saturated heterocycles. The molecule has 4 rings (SSSR count). The molecule has 0 spiro atoms. The second-order valence-corrected chi connectivity index (χ2v) is 5.97. The summed E-state index contributed by atoms with van der Waals surface area (Å²) in [4.78, 5) is 0. The van der Waals surface area contributed by atoms with Gasteiger partial charge in [0.2, 0.25) is 5.69 Å². The number of hydrogen-bond acceptors (Lipinski definition) is 0. The van der Waals surface area contributed by atoms with Crippen molar-refractivity contribution in [2.45, 2.75) is 32.7 Å². The summed E-state index contributed by atoms with van der Waals surface area (Å²) >= 11 is 0. The highest BCUT2D eigenvalue weighted by molar-refractivity contribution is 5.94. The van der Waals surface area contributed by atoms with Crippen LogP contribution >= 0.6 is 0 Å². The summed E-state index contributed by atoms with van der Waals surface area (Å²) in [6, 6.07) is 18.0. The van der Waals surface area contributed by atoms with Crippen LogP contribution in [0, 0.1) is 0 Å². The van der Waals surface area contributed by atoms with Crippen molar-refractivity contribution in [3.05, 3.63) is 65.9 Å². The van der Waals surface area contributed by atoms with Gasteiger partial charge in [0.1, 0.15) is 0 Å². The van der Waals surface area contributed by atoms with E-state index in [1.165, 1.54) is 52.4 Å². The van der Waals surface area contributed by atoms with Crippen molar-refractivity contribution in [1.29, 1.82) is 0 Å². The largest absolute Gasteiger partial charge is 0.221 e. The van der Waals surface area contributed by atoms with E-state index in [0.717, 1.165) is 6.54 Å². The monoisotopic (exact) mass is 274 g/mol. The second-order valence-electron chi connectivity index (χ2n) is 5.97. The van der Waals surface area contributed by atoms with Crippen molar-refractivity contribution < 1.29 is 4.57 Å². The van der Waals surface area contributed by atoms with E-state index in [2.05, 4.69) is 66.2 Å². The quantitative estimate of drug-likeness (QED) is 0.484. The first-order valence-corrected chi connectivity index (χ1v) is 7.90. The molecular weight excluding hydrogens is 254 g/mol. The summed E-state index contributed by atoms with van der Waals surface area (Å²) in [6.07, 6.45) is 5.94. The van der Waals surface area contributed by atoms with Gasteiger partial charge in [-0.2, -0.15) is 4.57 Å². The van der Waals surface area contributed by atoms with Crippen molar-refractivity contribution >= 4 is 10.8 Å². The van der Waals surface area contributed by atoms with Gasteiger partial charge in [0.15, 0.2) is 12.7 Å². The average molecular weight is 274 g/mol. The molecule has 3 aromatic rings. The summed E-state index contributed by atoms with van der Waals surface area (Å²) in [5.74, 6) is 0. The number of aryl methyl sites for hydroxylation is 1. The average Bonchev–Trinajstić information content (AvgIpc) is 2.91. The molecule has 104 valence electrons. The molecule has 0 N–H and O–H groups in total. The molecule has 1 nitrogen and oxygen atoms in total. The Morgan fingerprint density at radius 1 is 1.05 bits per heavy atom. The number of hydrogen-bond donors (Lipinski definition) is 0. The molecule has 1 aliphatic heterocycles. The van der Waals surface area contributed by atoms with Crippen LogP contribution in [-0.2, 0) is 13.0 Å². The fraction of sp³-hybridized carbons (Fsp3) is 0.250. The van der Waals surface area contributed by atoms with E-state index in [4.69, 9.17) is 0 Å². The van der Waals surface area contributed by atoms with Crippen LogP contribution in [0.1, 0.15) is 30.9 Å². The Kier molecular flexibility index (Phi) is 2.99. The molecule has 0 atom stereocenters. The molecule has 0 aliphatic carbocycles. The Morgan fingerprint density at radius 2 is 1.95 bits per heavy atom. The molecule has 1 aliphatic rings. The van der Waals surface area contributed by atoms with E-state index >= 15 is 0 Å². The lowest BCUT2D eigenvalue weighted by atomic mass is 9.98. The Balaban J connectivity index is 1.90. The smallest absolute Gasteiger partial charge is 0.193 e. The van der Waals surface area contributed by atoms with E-state index in [1.807, 2.05) is 0 Å². The third-order valence-electron chi connectivity index (χ3n) is 4.53. The van der Waals surface area contributed by atoms with Crippen molar-refractivity contribution in [2.24, 2.45) is 0 Å². The third-order valence-corrected chi connectivity index (χ3v) is 4.53. The maximum atomic E-state index is 2.41. The lowest BCUT2D eigenvalue weighted by Crippen LogP contribution is -2.31. The minimum absolute atomic E-state index is 1.00. The molecule has 2 heterocycles. The van der Waals surface area contributed by atoms with E-state index in [0.29, 0.717) is 0 Å². The summed E-state index contributed by atoms with van der Waals surface area (Å²) in [7, 11) is 0. The Bertz CT molecular complexity index is 817. The van der Waals surface area contributed by atoms with Crippen molar-refractivity contribution in [1.82, 2.24) is 0 Å². The normalized spacial score (nSPS) is 12.4. The predicted octanol–water partition coefficient (Wildman–Crippen LogP) is 4.50. The standard InChI is InChI=1S/C20H20N/c1-2-3-6-15-9-10-17-14-21-12-11-16-7-4-5-8-18(16)20(21)19(17)13-15/h4-5,7-13H,2-3,6,14H2,1H3/q+1. The van der Waals surface area contributed by atoms with Gasteiger partial charge in [0, 0.05) is 11.6 Å². The van der Waals surface area contributed by atoms with Crippen LogP contribution in [0.5, 0.6) is 0 Å². The van der Waals surface area contributed by atoms with Gasteiger partial charge >= 0.3 is 0 Å². The number of pyridine rings is 1. The summed E-state index contributed by atoms with van der Waals surface area (Å²) < 4.78 is 2.39. The van der Waals surface area contributed by atoms with Gasteiger partial charge in [-0.05, 0) is 35.9 Å². The number of aromatic nitrogens is 1. The van der Waals surface area contributed by atoms with E-state index < -0.39 is 0 Å². The van der Waals surface area contributed by atoms with Gasteiger partial charge in [-0.25, -0.2) is 0 Å². The zero-order valence-electron chi connectivity index (χ0n) is 12.5. The van der Waals surface area contributed by atoms with E-state index in [1.54, 1.807) is 0 Å². The molecule has 0 fully saturated rings. The number of fused-ring (bicyclic) bond motifs is 5. The molecule has 0 radical (unpaired) electrons. The minimum atomic E-state index is 1.00. The second kappa shape index (κ2) is 5.00. The van der Waals surface area contributed by atoms with Crippen LogP contribution in [0.25, 0.3) is 22.0 Å². The molecule has 1 aromatic heterocycles. The minimum Gasteiger partial charge on any atom is -0.193 e. The first kappa shape index (κ1) is 12.6. The number of nitrogens with zero attached hydrogens (tertiary/aromatic N) is 1. The zero-order valence-corrected chi connectivity index (χ0v) is 12.5. The highest BCUT2D eigenvalue weighted by atomic mass is 15.0. The molecule has 2 aromatic carbocycles. The first-order chi connectivity index (χ1) is 10.4. The number of unbranched alkanes of at least 4 members (excludes halogenated alkanes) is 1. The molecule has 0 saturated carbocycles. The summed E-state index contributed by atoms with van der Waals surface area (Å²) in [5.41, 5.74) is 5.74. The Morgan fingerprint density at radius 3 is 2.86 bits per heavy atom. The van der Waals surface area contributed by atoms with Crippen molar-refractivity contribution in [3.63, 3.8) is 0 Å². The summed E-state index contributed by atoms with van der Waals surface area (Å²) in [6.45, 7) is 3.26. The van der Waals surface area contributed by atoms with Crippen molar-refractivity contribution in [3.8, 4) is 11.3 Å². The molecule has 0 amide bonds. The molecular formula is C20H20N+. The highest BCUT2D eigenvalue weighted by Crippen LogP contribution is 2.33. The first-order valence-electron chi connectivity index (χ1n) is 7.90. The van der Waals surface area contributed by atoms with Gasteiger partial charge in [-0.15, -0.1) is 0 Å². The highest BCUT2D eigenvalue weighted by Gasteiger charge is 2.28. The van der Waals surface area contributed by atoms with Crippen LogP contribution in [-0.4, -0.2) is 0 Å². The zero-order chi connectivity index (χ0) is 14.2. The van der Waals surface area contributed by atoms with Crippen LogP contribution in [0.2, 0.25) is 0 Å². The van der Waals surface area contributed by atoms with Crippen LogP contribution in [0.3, 0.4) is 0 Å². The number of rotatable bonds is 3. The van der Waals surface area contributed by atoms with Crippen LogP contribution in [0.15, 0.2) is 54.7 Å². The fourth-order valence-corrected chi connectivity index (χ4v) is 3.39. The van der Waals surface area contributed by atoms with Crippen molar-refractivity contribution in [2.75, 3.05) is 0 Å². The predicted molar refractivity (Wildman–Crippen MR) is 87.3 cm³/mol. The van der Waals surface area contributed by atoms with Gasteiger partial charge in [0.25, 0.3) is 0 Å².